The molecule has 3 aromatic rings. The molecule has 5 nitrogen and oxygen atoms in total. The summed E-state index contributed by atoms with van der Waals surface area (Å²) in [6.45, 7) is 0. The molecule has 0 saturated heterocycles. The second-order valence-corrected chi connectivity index (χ2v) is 5.06. The van der Waals surface area contributed by atoms with Gasteiger partial charge in [-0.1, -0.05) is 12.1 Å². The first kappa shape index (κ1) is 13.3. The van der Waals surface area contributed by atoms with Gasteiger partial charge in [-0.2, -0.15) is 0 Å². The second kappa shape index (κ2) is 5.01. The molecule has 1 aromatic carbocycles. The van der Waals surface area contributed by atoms with Crippen LogP contribution in [0.15, 0.2) is 42.6 Å². The number of pyridine rings is 1. The number of ether oxygens (including phenoxy) is 1. The normalized spacial score (nSPS) is 10.8. The molecule has 21 heavy (non-hydrogen) atoms. The second-order valence-electron chi connectivity index (χ2n) is 5.06. The summed E-state index contributed by atoms with van der Waals surface area (Å²) in [5.41, 5.74) is 9.81. The van der Waals surface area contributed by atoms with Crippen molar-refractivity contribution in [3.63, 3.8) is 0 Å². The summed E-state index contributed by atoms with van der Waals surface area (Å²) in [5.74, 6) is 1.37. The Hall–Kier alpha value is -2.69. The lowest BCUT2D eigenvalue weighted by Gasteiger charge is -2.12. The molecule has 108 valence electrons. The fraction of sp³-hybridized carbons (Fsp3) is 0.188. The smallest absolute Gasteiger partial charge is 0.139 e. The molecule has 0 fully saturated rings. The first-order chi connectivity index (χ1) is 10.1. The molecule has 0 atom stereocenters. The maximum atomic E-state index is 6.29. The number of rotatable bonds is 3. The third-order valence-corrected chi connectivity index (χ3v) is 3.52. The van der Waals surface area contributed by atoms with Gasteiger partial charge in [-0.3, -0.25) is 4.40 Å². The van der Waals surface area contributed by atoms with Crippen molar-refractivity contribution in [1.82, 2.24) is 9.38 Å². The number of imidazole rings is 1. The van der Waals surface area contributed by atoms with Gasteiger partial charge in [0.25, 0.3) is 0 Å². The standard InChI is InChI=1S/C16H18N4O/c1-19(2)11-8-9-14-18-15(16(17)20(14)10-11)12-6-4-5-7-13(12)21-3/h4-10H,17H2,1-3H3. The van der Waals surface area contributed by atoms with Crippen LogP contribution in [0, 0.1) is 0 Å². The number of nitrogens with two attached hydrogens (primary N) is 1. The zero-order valence-corrected chi connectivity index (χ0v) is 12.4. The van der Waals surface area contributed by atoms with E-state index in [4.69, 9.17) is 10.5 Å². The summed E-state index contributed by atoms with van der Waals surface area (Å²) in [7, 11) is 5.64. The summed E-state index contributed by atoms with van der Waals surface area (Å²) in [6.07, 6.45) is 1.98. The topological polar surface area (TPSA) is 55.8 Å². The summed E-state index contributed by atoms with van der Waals surface area (Å²) in [5, 5.41) is 0. The zero-order valence-electron chi connectivity index (χ0n) is 12.4. The van der Waals surface area contributed by atoms with Gasteiger partial charge in [0, 0.05) is 25.9 Å². The van der Waals surface area contributed by atoms with Crippen molar-refractivity contribution in [3.05, 3.63) is 42.6 Å². The Labute approximate surface area is 123 Å². The lowest BCUT2D eigenvalue weighted by molar-refractivity contribution is 0.416. The van der Waals surface area contributed by atoms with Crippen molar-refractivity contribution in [2.45, 2.75) is 0 Å². The SMILES string of the molecule is COc1ccccc1-c1nc2ccc(N(C)C)cn2c1N. The van der Waals surface area contributed by atoms with E-state index in [1.807, 2.05) is 66.0 Å². The van der Waals surface area contributed by atoms with E-state index in [1.165, 1.54) is 0 Å². The predicted molar refractivity (Wildman–Crippen MR) is 85.9 cm³/mol. The fourth-order valence-electron chi connectivity index (χ4n) is 2.35. The van der Waals surface area contributed by atoms with E-state index in [9.17, 15) is 0 Å². The van der Waals surface area contributed by atoms with E-state index in [0.717, 1.165) is 28.3 Å². The van der Waals surface area contributed by atoms with Crippen molar-refractivity contribution in [2.75, 3.05) is 31.8 Å². The monoisotopic (exact) mass is 282 g/mol. The van der Waals surface area contributed by atoms with Crippen LogP contribution >= 0.6 is 0 Å². The number of nitrogens with zero attached hydrogens (tertiary/aromatic N) is 3. The van der Waals surface area contributed by atoms with Crippen molar-refractivity contribution < 1.29 is 4.74 Å². The lowest BCUT2D eigenvalue weighted by atomic mass is 10.1. The van der Waals surface area contributed by atoms with Gasteiger partial charge < -0.3 is 15.4 Å². The van der Waals surface area contributed by atoms with Crippen molar-refractivity contribution in [1.29, 1.82) is 0 Å². The summed E-state index contributed by atoms with van der Waals surface area (Å²) < 4.78 is 7.30. The summed E-state index contributed by atoms with van der Waals surface area (Å²) >= 11 is 0. The zero-order chi connectivity index (χ0) is 15.0. The highest BCUT2D eigenvalue weighted by atomic mass is 16.5. The van der Waals surface area contributed by atoms with E-state index < -0.39 is 0 Å². The highest BCUT2D eigenvalue weighted by Gasteiger charge is 2.15. The van der Waals surface area contributed by atoms with E-state index in [-0.39, 0.29) is 0 Å². The maximum Gasteiger partial charge on any atom is 0.139 e. The average Bonchev–Trinajstić information content (AvgIpc) is 2.83. The number of hydrogen-bond acceptors (Lipinski definition) is 4. The van der Waals surface area contributed by atoms with Gasteiger partial charge in [-0.05, 0) is 24.3 Å². The lowest BCUT2D eigenvalue weighted by Crippen LogP contribution is -2.09. The van der Waals surface area contributed by atoms with Crippen LogP contribution in [0.5, 0.6) is 5.75 Å². The minimum Gasteiger partial charge on any atom is -0.496 e. The molecular formula is C16H18N4O. The number of hydrogen-bond donors (Lipinski definition) is 1. The minimum atomic E-state index is 0.609. The van der Waals surface area contributed by atoms with Gasteiger partial charge in [0.1, 0.15) is 22.9 Å². The fourth-order valence-corrected chi connectivity index (χ4v) is 2.35. The number of anilines is 2. The molecule has 0 aliphatic rings. The first-order valence-electron chi connectivity index (χ1n) is 6.70. The molecule has 0 aliphatic heterocycles. The summed E-state index contributed by atoms with van der Waals surface area (Å²) in [4.78, 5) is 6.66. The molecule has 2 N–H and O–H groups in total. The largest absolute Gasteiger partial charge is 0.496 e. The van der Waals surface area contributed by atoms with E-state index in [2.05, 4.69) is 4.98 Å². The van der Waals surface area contributed by atoms with Gasteiger partial charge in [-0.15, -0.1) is 0 Å². The third kappa shape index (κ3) is 2.16. The predicted octanol–water partition coefficient (Wildman–Crippen LogP) is 2.66. The van der Waals surface area contributed by atoms with Crippen LogP contribution in [0.25, 0.3) is 16.9 Å². The maximum absolute atomic E-state index is 6.29. The molecule has 0 bridgehead atoms. The molecule has 5 heteroatoms. The van der Waals surface area contributed by atoms with Crippen molar-refractivity contribution in [3.8, 4) is 17.0 Å². The van der Waals surface area contributed by atoms with Crippen LogP contribution in [0.1, 0.15) is 0 Å². The third-order valence-electron chi connectivity index (χ3n) is 3.52. The van der Waals surface area contributed by atoms with Crippen molar-refractivity contribution in [2.24, 2.45) is 0 Å². The molecule has 2 aromatic heterocycles. The van der Waals surface area contributed by atoms with Gasteiger partial charge in [-0.25, -0.2) is 4.98 Å². The molecule has 0 radical (unpaired) electrons. The van der Waals surface area contributed by atoms with Gasteiger partial charge in [0.05, 0.1) is 12.8 Å². The molecular weight excluding hydrogens is 264 g/mol. The molecule has 0 spiro atoms. The number of para-hydroxylation sites is 1. The Morgan fingerprint density at radius 2 is 1.90 bits per heavy atom. The molecule has 3 rings (SSSR count). The van der Waals surface area contributed by atoms with Crippen LogP contribution < -0.4 is 15.4 Å². The number of aromatic nitrogens is 2. The Morgan fingerprint density at radius 1 is 1.14 bits per heavy atom. The van der Waals surface area contributed by atoms with Crippen LogP contribution in [-0.2, 0) is 0 Å². The van der Waals surface area contributed by atoms with Crippen LogP contribution in [0.2, 0.25) is 0 Å². The van der Waals surface area contributed by atoms with Crippen LogP contribution in [0.3, 0.4) is 0 Å². The molecule has 0 unspecified atom stereocenters. The van der Waals surface area contributed by atoms with Gasteiger partial charge >= 0.3 is 0 Å². The molecule has 0 amide bonds. The minimum absolute atomic E-state index is 0.609. The Morgan fingerprint density at radius 3 is 2.62 bits per heavy atom. The Balaban J connectivity index is 2.22. The van der Waals surface area contributed by atoms with Crippen molar-refractivity contribution >= 4 is 17.2 Å². The van der Waals surface area contributed by atoms with E-state index in [1.54, 1.807) is 7.11 Å². The molecule has 0 saturated carbocycles. The number of fused-ring (bicyclic) bond motifs is 1. The van der Waals surface area contributed by atoms with E-state index >= 15 is 0 Å². The Bertz CT molecular complexity index is 792. The van der Waals surface area contributed by atoms with E-state index in [0.29, 0.717) is 5.82 Å². The average molecular weight is 282 g/mol. The number of nitrogen functional groups attached to an aromatic ring is 1. The highest BCUT2D eigenvalue weighted by molar-refractivity contribution is 5.79. The molecule has 0 aliphatic carbocycles. The number of benzene rings is 1. The first-order valence-corrected chi connectivity index (χ1v) is 6.70. The number of methoxy groups -OCH3 is 1. The quantitative estimate of drug-likeness (QED) is 0.802. The Kier molecular flexibility index (Phi) is 3.17. The van der Waals surface area contributed by atoms with Crippen LogP contribution in [-0.4, -0.2) is 30.6 Å². The van der Waals surface area contributed by atoms with Gasteiger partial charge in [0.2, 0.25) is 0 Å². The van der Waals surface area contributed by atoms with Crippen LogP contribution in [0.4, 0.5) is 11.5 Å². The highest BCUT2D eigenvalue weighted by Crippen LogP contribution is 2.33. The van der Waals surface area contributed by atoms with Gasteiger partial charge in [0.15, 0.2) is 0 Å². The molecule has 2 heterocycles. The summed E-state index contributed by atoms with van der Waals surface area (Å²) in [6, 6.07) is 11.7.